The van der Waals surface area contributed by atoms with E-state index in [4.69, 9.17) is 9.47 Å². The molecule has 7 nitrogen and oxygen atoms in total. The van der Waals surface area contributed by atoms with Crippen molar-refractivity contribution in [3.63, 3.8) is 0 Å². The predicted octanol–water partition coefficient (Wildman–Crippen LogP) is 3.70. The lowest BCUT2D eigenvalue weighted by molar-refractivity contribution is 0.0600. The Morgan fingerprint density at radius 2 is 2.00 bits per heavy atom. The Labute approximate surface area is 155 Å². The van der Waals surface area contributed by atoms with E-state index < -0.39 is 5.97 Å². The Kier molecular flexibility index (Phi) is 4.07. The molecule has 4 rings (SSSR count). The van der Waals surface area contributed by atoms with Gasteiger partial charge in [0.2, 0.25) is 0 Å². The Hall–Kier alpha value is -3.35. The van der Waals surface area contributed by atoms with Crippen molar-refractivity contribution in [1.29, 1.82) is 0 Å². The average molecular weight is 364 g/mol. The number of methoxy groups -OCH3 is 2. The Balaban J connectivity index is 1.95. The smallest absolute Gasteiger partial charge is 0.338 e. The van der Waals surface area contributed by atoms with Gasteiger partial charge in [0, 0.05) is 23.5 Å². The maximum Gasteiger partial charge on any atom is 0.338 e. The molecule has 0 fully saturated rings. The highest BCUT2D eigenvalue weighted by Crippen LogP contribution is 2.34. The molecule has 3 aromatic heterocycles. The Bertz CT molecular complexity index is 1170. The first-order valence-corrected chi connectivity index (χ1v) is 8.68. The number of nitrogens with zero attached hydrogens (tertiary/aromatic N) is 3. The molecule has 0 bridgehead atoms. The quantitative estimate of drug-likeness (QED) is 0.558. The van der Waals surface area contributed by atoms with E-state index in [1.54, 1.807) is 19.2 Å². The van der Waals surface area contributed by atoms with Gasteiger partial charge in [0.15, 0.2) is 0 Å². The lowest BCUT2D eigenvalue weighted by atomic mass is 10.1. The van der Waals surface area contributed by atoms with Crippen LogP contribution in [0.15, 0.2) is 30.5 Å². The molecule has 27 heavy (non-hydrogen) atoms. The van der Waals surface area contributed by atoms with Crippen molar-refractivity contribution in [2.75, 3.05) is 14.2 Å². The van der Waals surface area contributed by atoms with E-state index in [-0.39, 0.29) is 0 Å². The summed E-state index contributed by atoms with van der Waals surface area (Å²) in [5, 5.41) is 6.27. The number of hydrogen-bond donors (Lipinski definition) is 1. The number of hydrogen-bond acceptors (Lipinski definition) is 5. The molecular formula is C20H20N4O3. The number of carbonyl (C=O) groups excluding carboxylic acids is 1. The number of ether oxygens (including phenoxy) is 2. The molecule has 1 aromatic carbocycles. The number of pyridine rings is 1. The number of nitrogens with one attached hydrogen (secondary N) is 1. The number of aryl methyl sites for hydroxylation is 2. The first-order valence-electron chi connectivity index (χ1n) is 8.68. The molecule has 0 saturated carbocycles. The van der Waals surface area contributed by atoms with Crippen LogP contribution in [0.5, 0.6) is 5.75 Å². The normalized spacial score (nSPS) is 11.3. The summed E-state index contributed by atoms with van der Waals surface area (Å²) < 4.78 is 12.3. The van der Waals surface area contributed by atoms with E-state index in [1.807, 2.05) is 29.9 Å². The van der Waals surface area contributed by atoms with E-state index in [0.717, 1.165) is 45.4 Å². The van der Waals surface area contributed by atoms with Crippen molar-refractivity contribution in [2.24, 2.45) is 0 Å². The molecule has 138 valence electrons. The van der Waals surface area contributed by atoms with Crippen LogP contribution in [-0.2, 0) is 11.3 Å². The number of rotatable bonds is 4. The van der Waals surface area contributed by atoms with Gasteiger partial charge < -0.3 is 14.5 Å². The molecule has 0 saturated heterocycles. The third-order valence-electron chi connectivity index (χ3n) is 4.66. The van der Waals surface area contributed by atoms with Crippen molar-refractivity contribution < 1.29 is 14.3 Å². The summed E-state index contributed by atoms with van der Waals surface area (Å²) >= 11 is 0. The molecular weight excluding hydrogens is 344 g/mol. The van der Waals surface area contributed by atoms with Crippen molar-refractivity contribution >= 4 is 27.8 Å². The van der Waals surface area contributed by atoms with Crippen molar-refractivity contribution in [3.8, 4) is 17.1 Å². The summed E-state index contributed by atoms with van der Waals surface area (Å²) in [6.45, 7) is 4.79. The maximum absolute atomic E-state index is 12.0. The highest BCUT2D eigenvalue weighted by atomic mass is 16.5. The van der Waals surface area contributed by atoms with Crippen molar-refractivity contribution in [1.82, 2.24) is 19.7 Å². The van der Waals surface area contributed by atoms with Gasteiger partial charge >= 0.3 is 5.97 Å². The molecule has 0 aliphatic rings. The molecule has 0 radical (unpaired) electrons. The van der Waals surface area contributed by atoms with E-state index in [0.29, 0.717) is 11.3 Å². The van der Waals surface area contributed by atoms with Gasteiger partial charge in [0.05, 0.1) is 47.9 Å². The van der Waals surface area contributed by atoms with Crippen molar-refractivity contribution in [3.05, 3.63) is 41.7 Å². The van der Waals surface area contributed by atoms with Crippen LogP contribution in [0, 0.1) is 6.92 Å². The van der Waals surface area contributed by atoms with Gasteiger partial charge in [0.25, 0.3) is 0 Å². The molecule has 0 aliphatic heterocycles. The molecule has 0 aliphatic carbocycles. The SMILES string of the molecule is CCn1nc(C)cc1-c1cc2[nH]c3c(OC)cc(C(=O)OC)cc3c2cn1. The fourth-order valence-corrected chi connectivity index (χ4v) is 3.39. The minimum Gasteiger partial charge on any atom is -0.495 e. The van der Waals surface area contributed by atoms with Crippen LogP contribution in [0.2, 0.25) is 0 Å². The van der Waals surface area contributed by atoms with Gasteiger partial charge in [-0.1, -0.05) is 0 Å². The minimum atomic E-state index is -0.406. The fourth-order valence-electron chi connectivity index (χ4n) is 3.39. The molecule has 0 spiro atoms. The number of esters is 1. The van der Waals surface area contributed by atoms with Crippen LogP contribution in [-0.4, -0.2) is 39.9 Å². The third-order valence-corrected chi connectivity index (χ3v) is 4.66. The van der Waals surface area contributed by atoms with Gasteiger partial charge in [0.1, 0.15) is 5.75 Å². The average Bonchev–Trinajstić information content (AvgIpc) is 3.25. The second-order valence-corrected chi connectivity index (χ2v) is 6.32. The number of benzene rings is 1. The predicted molar refractivity (Wildman–Crippen MR) is 103 cm³/mol. The van der Waals surface area contributed by atoms with E-state index in [2.05, 4.69) is 22.0 Å². The molecule has 4 aromatic rings. The Morgan fingerprint density at radius 3 is 2.70 bits per heavy atom. The fraction of sp³-hybridized carbons (Fsp3) is 0.250. The standard InChI is InChI=1S/C20H20N4O3/c1-5-24-17(6-11(2)23-24)16-9-15-14(10-21-16)13-7-12(20(25)27-4)8-18(26-3)19(13)22-15/h6-10,22H,5H2,1-4H3. The van der Waals surface area contributed by atoms with E-state index in [1.165, 1.54) is 7.11 Å². The second kappa shape index (κ2) is 6.42. The highest BCUT2D eigenvalue weighted by molar-refractivity contribution is 6.11. The monoisotopic (exact) mass is 364 g/mol. The largest absolute Gasteiger partial charge is 0.495 e. The van der Waals surface area contributed by atoms with E-state index in [9.17, 15) is 4.79 Å². The highest BCUT2D eigenvalue weighted by Gasteiger charge is 2.17. The van der Waals surface area contributed by atoms with E-state index >= 15 is 0 Å². The first kappa shape index (κ1) is 17.1. The number of aromatic amines is 1. The zero-order valence-electron chi connectivity index (χ0n) is 15.7. The topological polar surface area (TPSA) is 82.0 Å². The van der Waals surface area contributed by atoms with Crippen molar-refractivity contribution in [2.45, 2.75) is 20.4 Å². The zero-order valence-corrected chi connectivity index (χ0v) is 15.7. The molecule has 3 heterocycles. The number of H-pyrrole nitrogens is 1. The third kappa shape index (κ3) is 2.71. The summed E-state index contributed by atoms with van der Waals surface area (Å²) in [7, 11) is 2.94. The van der Waals surface area contributed by atoms with Crippen LogP contribution in [0.3, 0.4) is 0 Å². The lowest BCUT2D eigenvalue weighted by Gasteiger charge is -2.05. The Morgan fingerprint density at radius 1 is 1.19 bits per heavy atom. The summed E-state index contributed by atoms with van der Waals surface area (Å²) in [5.41, 5.74) is 4.93. The molecule has 0 atom stereocenters. The molecule has 7 heteroatoms. The second-order valence-electron chi connectivity index (χ2n) is 6.32. The van der Waals surface area contributed by atoms with Gasteiger partial charge in [-0.15, -0.1) is 0 Å². The van der Waals surface area contributed by atoms with Crippen LogP contribution in [0.25, 0.3) is 33.2 Å². The van der Waals surface area contributed by atoms with Crippen LogP contribution in [0.1, 0.15) is 23.0 Å². The molecule has 1 N–H and O–H groups in total. The zero-order chi connectivity index (χ0) is 19.1. The summed E-state index contributed by atoms with van der Waals surface area (Å²) in [4.78, 5) is 20.0. The van der Waals surface area contributed by atoms with Gasteiger partial charge in [-0.3, -0.25) is 9.67 Å². The van der Waals surface area contributed by atoms with Crippen LogP contribution in [0.4, 0.5) is 0 Å². The van der Waals surface area contributed by atoms with Crippen LogP contribution < -0.4 is 4.74 Å². The summed E-state index contributed by atoms with van der Waals surface area (Å²) in [6, 6.07) is 7.49. The number of fused-ring (bicyclic) bond motifs is 3. The van der Waals surface area contributed by atoms with Gasteiger partial charge in [-0.2, -0.15) is 5.10 Å². The van der Waals surface area contributed by atoms with Gasteiger partial charge in [-0.05, 0) is 38.1 Å². The summed E-state index contributed by atoms with van der Waals surface area (Å²) in [6.07, 6.45) is 1.81. The minimum absolute atomic E-state index is 0.406. The maximum atomic E-state index is 12.0. The molecule has 0 unspecified atom stereocenters. The lowest BCUT2D eigenvalue weighted by Crippen LogP contribution is -2.01. The first-order chi connectivity index (χ1) is 13.0. The number of aromatic nitrogens is 4. The van der Waals surface area contributed by atoms with Gasteiger partial charge in [-0.25, -0.2) is 4.79 Å². The molecule has 0 amide bonds. The van der Waals surface area contributed by atoms with Crippen LogP contribution >= 0.6 is 0 Å². The summed E-state index contributed by atoms with van der Waals surface area (Å²) in [5.74, 6) is 0.177. The number of carbonyl (C=O) groups is 1.